The Bertz CT molecular complexity index is 973. The first-order valence-corrected chi connectivity index (χ1v) is 8.25. The number of carbonyl (C=O) groups excluding carboxylic acids is 2. The van der Waals surface area contributed by atoms with Gasteiger partial charge in [-0.25, -0.2) is 0 Å². The van der Waals surface area contributed by atoms with Crippen molar-refractivity contribution in [3.05, 3.63) is 95.1 Å². The molecule has 0 saturated carbocycles. The first-order valence-electron chi connectivity index (χ1n) is 8.25. The van der Waals surface area contributed by atoms with Gasteiger partial charge in [-0.15, -0.1) is 0 Å². The Morgan fingerprint density at radius 2 is 1.40 bits per heavy atom. The molecule has 0 aliphatic carbocycles. The number of hydrogen-bond donors (Lipinski definition) is 0. The molecule has 3 heteroatoms. The predicted octanol–water partition coefficient (Wildman–Crippen LogP) is 4.46. The second-order valence-electron chi connectivity index (χ2n) is 6.27. The van der Waals surface area contributed by atoms with Crippen LogP contribution in [0, 0.1) is 6.92 Å². The molecule has 3 nitrogen and oxygen atoms in total. The summed E-state index contributed by atoms with van der Waals surface area (Å²) in [7, 11) is 0. The van der Waals surface area contributed by atoms with Gasteiger partial charge in [0.2, 0.25) is 0 Å². The zero-order chi connectivity index (χ0) is 17.4. The van der Waals surface area contributed by atoms with Crippen molar-refractivity contribution in [2.24, 2.45) is 0 Å². The molecule has 0 radical (unpaired) electrons. The van der Waals surface area contributed by atoms with E-state index in [1.165, 1.54) is 4.90 Å². The highest BCUT2D eigenvalue weighted by Gasteiger charge is 2.30. The average Bonchev–Trinajstić information content (AvgIpc) is 2.78. The van der Waals surface area contributed by atoms with E-state index in [1.807, 2.05) is 61.5 Å². The zero-order valence-electron chi connectivity index (χ0n) is 13.9. The van der Waals surface area contributed by atoms with Gasteiger partial charge < -0.3 is 0 Å². The van der Waals surface area contributed by atoms with E-state index < -0.39 is 0 Å². The van der Waals surface area contributed by atoms with Gasteiger partial charge in [-0.05, 0) is 41.8 Å². The maximum atomic E-state index is 13.1. The Morgan fingerprint density at radius 1 is 0.800 bits per heavy atom. The number of benzene rings is 3. The number of rotatable bonds is 1. The van der Waals surface area contributed by atoms with Crippen LogP contribution in [-0.2, 0) is 6.54 Å². The van der Waals surface area contributed by atoms with Crippen molar-refractivity contribution in [1.82, 2.24) is 4.90 Å². The fourth-order valence-electron chi connectivity index (χ4n) is 3.23. The highest BCUT2D eigenvalue weighted by molar-refractivity contribution is 6.13. The Morgan fingerprint density at radius 3 is 2.12 bits per heavy atom. The van der Waals surface area contributed by atoms with Crippen LogP contribution in [0.25, 0.3) is 11.1 Å². The van der Waals surface area contributed by atoms with Crippen molar-refractivity contribution in [2.75, 3.05) is 0 Å². The van der Waals surface area contributed by atoms with E-state index in [2.05, 4.69) is 0 Å². The van der Waals surface area contributed by atoms with Gasteiger partial charge in [-0.1, -0.05) is 60.2 Å². The van der Waals surface area contributed by atoms with Gasteiger partial charge in [0.05, 0.1) is 6.54 Å². The van der Waals surface area contributed by atoms with Crippen LogP contribution in [0.1, 0.15) is 31.8 Å². The fraction of sp³-hybridized carbons (Fsp3) is 0.0909. The normalized spacial score (nSPS) is 13.0. The third-order valence-electron chi connectivity index (χ3n) is 4.58. The third kappa shape index (κ3) is 2.64. The van der Waals surface area contributed by atoms with E-state index in [9.17, 15) is 9.59 Å². The molecule has 25 heavy (non-hydrogen) atoms. The van der Waals surface area contributed by atoms with E-state index in [1.54, 1.807) is 18.2 Å². The SMILES string of the molecule is Cc1ccc(C(=O)N2Cc3ccccc3-c3ccccc3C2=O)cc1. The molecule has 1 aliphatic rings. The summed E-state index contributed by atoms with van der Waals surface area (Å²) < 4.78 is 0. The molecule has 0 N–H and O–H groups in total. The number of hydrogen-bond acceptors (Lipinski definition) is 2. The van der Waals surface area contributed by atoms with E-state index in [0.29, 0.717) is 11.1 Å². The van der Waals surface area contributed by atoms with Gasteiger partial charge >= 0.3 is 0 Å². The largest absolute Gasteiger partial charge is 0.270 e. The molecule has 3 aromatic carbocycles. The second-order valence-corrected chi connectivity index (χ2v) is 6.27. The highest BCUT2D eigenvalue weighted by atomic mass is 16.2. The van der Waals surface area contributed by atoms with E-state index in [0.717, 1.165) is 22.3 Å². The van der Waals surface area contributed by atoms with Crippen LogP contribution in [0.3, 0.4) is 0 Å². The molecule has 0 aromatic heterocycles. The quantitative estimate of drug-likeness (QED) is 0.619. The molecule has 0 atom stereocenters. The molecule has 122 valence electrons. The lowest BCUT2D eigenvalue weighted by atomic mass is 9.97. The molecule has 0 saturated heterocycles. The van der Waals surface area contributed by atoms with Crippen LogP contribution in [0.5, 0.6) is 0 Å². The molecular weight excluding hydrogens is 310 g/mol. The highest BCUT2D eigenvalue weighted by Crippen LogP contribution is 2.32. The smallest absolute Gasteiger partial charge is 0.261 e. The van der Waals surface area contributed by atoms with Crippen molar-refractivity contribution in [3.63, 3.8) is 0 Å². The summed E-state index contributed by atoms with van der Waals surface area (Å²) in [6.45, 7) is 2.24. The maximum Gasteiger partial charge on any atom is 0.261 e. The first-order chi connectivity index (χ1) is 12.1. The monoisotopic (exact) mass is 327 g/mol. The standard InChI is InChI=1S/C22H17NO2/c1-15-10-12-16(13-11-15)21(24)23-14-17-6-2-3-7-18(17)19-8-4-5-9-20(19)22(23)25/h2-13H,14H2,1H3. The Balaban J connectivity index is 1.84. The minimum Gasteiger partial charge on any atom is -0.270 e. The summed E-state index contributed by atoms with van der Waals surface area (Å²) in [6, 6.07) is 22.7. The molecule has 3 aromatic rings. The van der Waals surface area contributed by atoms with Gasteiger partial charge in [0, 0.05) is 11.1 Å². The molecule has 0 spiro atoms. The van der Waals surface area contributed by atoms with Crippen molar-refractivity contribution in [2.45, 2.75) is 13.5 Å². The van der Waals surface area contributed by atoms with Crippen molar-refractivity contribution in [1.29, 1.82) is 0 Å². The summed E-state index contributed by atoms with van der Waals surface area (Å²) in [5, 5.41) is 0. The first kappa shape index (κ1) is 15.3. The Kier molecular flexibility index (Phi) is 3.69. The molecule has 0 fully saturated rings. The number of amides is 2. The number of carbonyl (C=O) groups is 2. The molecule has 2 amide bonds. The molecular formula is C22H17NO2. The second kappa shape index (κ2) is 6.02. The molecule has 1 heterocycles. The Hall–Kier alpha value is -3.20. The van der Waals surface area contributed by atoms with Gasteiger partial charge in [-0.2, -0.15) is 0 Å². The zero-order valence-corrected chi connectivity index (χ0v) is 13.9. The summed E-state index contributed by atoms with van der Waals surface area (Å²) >= 11 is 0. The van der Waals surface area contributed by atoms with E-state index >= 15 is 0 Å². The number of nitrogens with zero attached hydrogens (tertiary/aromatic N) is 1. The fourth-order valence-corrected chi connectivity index (χ4v) is 3.23. The summed E-state index contributed by atoms with van der Waals surface area (Å²) in [5.41, 5.74) is 5.02. The topological polar surface area (TPSA) is 37.4 Å². The van der Waals surface area contributed by atoms with Crippen molar-refractivity contribution >= 4 is 11.8 Å². The number of fused-ring (bicyclic) bond motifs is 3. The van der Waals surface area contributed by atoms with Crippen LogP contribution < -0.4 is 0 Å². The third-order valence-corrected chi connectivity index (χ3v) is 4.58. The lowest BCUT2D eigenvalue weighted by Crippen LogP contribution is -2.35. The summed E-state index contributed by atoms with van der Waals surface area (Å²) in [6.07, 6.45) is 0. The lowest BCUT2D eigenvalue weighted by Gasteiger charge is -2.19. The minimum absolute atomic E-state index is 0.252. The van der Waals surface area contributed by atoms with E-state index in [4.69, 9.17) is 0 Å². The molecule has 0 unspecified atom stereocenters. The van der Waals surface area contributed by atoms with Crippen LogP contribution in [0.2, 0.25) is 0 Å². The van der Waals surface area contributed by atoms with Gasteiger partial charge in [0.15, 0.2) is 0 Å². The average molecular weight is 327 g/mol. The number of aryl methyl sites for hydroxylation is 1. The molecule has 4 rings (SSSR count). The summed E-state index contributed by atoms with van der Waals surface area (Å²) in [4.78, 5) is 27.4. The summed E-state index contributed by atoms with van der Waals surface area (Å²) in [5.74, 6) is -0.520. The maximum absolute atomic E-state index is 13.1. The van der Waals surface area contributed by atoms with Gasteiger partial charge in [-0.3, -0.25) is 14.5 Å². The number of imide groups is 1. The van der Waals surface area contributed by atoms with Gasteiger partial charge in [0.1, 0.15) is 0 Å². The van der Waals surface area contributed by atoms with Crippen molar-refractivity contribution in [3.8, 4) is 11.1 Å². The lowest BCUT2D eigenvalue weighted by molar-refractivity contribution is 0.0606. The van der Waals surface area contributed by atoms with Crippen LogP contribution >= 0.6 is 0 Å². The Labute approximate surface area is 146 Å². The van der Waals surface area contributed by atoms with Gasteiger partial charge in [0.25, 0.3) is 11.8 Å². The minimum atomic E-state index is -0.267. The van der Waals surface area contributed by atoms with Crippen LogP contribution in [0.4, 0.5) is 0 Å². The van der Waals surface area contributed by atoms with E-state index in [-0.39, 0.29) is 18.4 Å². The molecule has 0 bridgehead atoms. The van der Waals surface area contributed by atoms with Crippen LogP contribution in [0.15, 0.2) is 72.8 Å². The molecule has 1 aliphatic heterocycles. The van der Waals surface area contributed by atoms with Crippen LogP contribution in [-0.4, -0.2) is 16.7 Å². The van der Waals surface area contributed by atoms with Crippen molar-refractivity contribution < 1.29 is 9.59 Å². The predicted molar refractivity (Wildman–Crippen MR) is 97.3 cm³/mol.